The molecule has 0 amide bonds. The quantitative estimate of drug-likeness (QED) is 0.788. The Labute approximate surface area is 125 Å². The molecule has 1 aromatic heterocycles. The number of aromatic carboxylic acids is 1. The maximum absolute atomic E-state index is 13.3. The Kier molecular flexibility index (Phi) is 3.39. The van der Waals surface area contributed by atoms with Crippen LogP contribution in [0.2, 0.25) is 5.02 Å². The Morgan fingerprint density at radius 2 is 1.86 bits per heavy atom. The molecule has 0 radical (unpaired) electrons. The van der Waals surface area contributed by atoms with E-state index in [9.17, 15) is 14.3 Å². The van der Waals surface area contributed by atoms with Crippen molar-refractivity contribution >= 4 is 28.5 Å². The van der Waals surface area contributed by atoms with E-state index in [0.717, 1.165) is 5.56 Å². The van der Waals surface area contributed by atoms with Crippen molar-refractivity contribution in [1.29, 1.82) is 0 Å². The van der Waals surface area contributed by atoms with Gasteiger partial charge in [-0.25, -0.2) is 9.18 Å². The molecule has 5 heteroatoms. The van der Waals surface area contributed by atoms with Crippen LogP contribution in [0.3, 0.4) is 0 Å². The monoisotopic (exact) mass is 303 g/mol. The van der Waals surface area contributed by atoms with Gasteiger partial charge in [0.2, 0.25) is 0 Å². The van der Waals surface area contributed by atoms with Gasteiger partial charge in [0.05, 0.1) is 0 Å². The van der Waals surface area contributed by atoms with Gasteiger partial charge in [-0.2, -0.15) is 0 Å². The van der Waals surface area contributed by atoms with Gasteiger partial charge < -0.3 is 9.67 Å². The number of nitrogens with zero attached hydrogens (tertiary/aromatic N) is 1. The Morgan fingerprint density at radius 3 is 2.52 bits per heavy atom. The summed E-state index contributed by atoms with van der Waals surface area (Å²) in [4.78, 5) is 11.4. The molecule has 3 rings (SSSR count). The normalized spacial score (nSPS) is 11.0. The molecule has 0 saturated carbocycles. The smallest absolute Gasteiger partial charge is 0.352 e. The molecule has 106 valence electrons. The van der Waals surface area contributed by atoms with E-state index >= 15 is 0 Å². The minimum absolute atomic E-state index is 0.130. The fourth-order valence-electron chi connectivity index (χ4n) is 2.36. The number of hydrogen-bond donors (Lipinski definition) is 1. The number of fused-ring (bicyclic) bond motifs is 1. The summed E-state index contributed by atoms with van der Waals surface area (Å²) in [5.74, 6) is -1.43. The van der Waals surface area contributed by atoms with Crippen LogP contribution >= 0.6 is 11.6 Å². The standard InChI is InChI=1S/C16H11ClFNO2/c17-12-3-1-10(2-4-12)9-19-14-6-5-13(18)7-11(14)8-15(19)16(20)21/h1-8H,9H2,(H,20,21). The summed E-state index contributed by atoms with van der Waals surface area (Å²) in [5, 5.41) is 10.5. The van der Waals surface area contributed by atoms with E-state index in [1.54, 1.807) is 22.8 Å². The lowest BCUT2D eigenvalue weighted by molar-refractivity contribution is 0.0686. The van der Waals surface area contributed by atoms with E-state index < -0.39 is 5.97 Å². The molecule has 0 spiro atoms. The van der Waals surface area contributed by atoms with Gasteiger partial charge in [-0.1, -0.05) is 23.7 Å². The van der Waals surface area contributed by atoms with Gasteiger partial charge in [-0.3, -0.25) is 0 Å². The minimum Gasteiger partial charge on any atom is -0.477 e. The lowest BCUT2D eigenvalue weighted by atomic mass is 10.2. The predicted octanol–water partition coefficient (Wildman–Crippen LogP) is 4.18. The van der Waals surface area contributed by atoms with Crippen LogP contribution in [0, 0.1) is 5.82 Å². The van der Waals surface area contributed by atoms with Crippen LogP contribution < -0.4 is 0 Å². The Morgan fingerprint density at radius 1 is 1.14 bits per heavy atom. The molecule has 0 bridgehead atoms. The van der Waals surface area contributed by atoms with Crippen molar-refractivity contribution < 1.29 is 14.3 Å². The summed E-state index contributed by atoms with van der Waals surface area (Å²) < 4.78 is 14.9. The van der Waals surface area contributed by atoms with E-state index in [4.69, 9.17) is 11.6 Å². The molecule has 3 nitrogen and oxygen atoms in total. The topological polar surface area (TPSA) is 42.2 Å². The number of carbonyl (C=O) groups is 1. The van der Waals surface area contributed by atoms with Gasteiger partial charge in [0.25, 0.3) is 0 Å². The molecule has 3 aromatic rings. The van der Waals surface area contributed by atoms with Gasteiger partial charge in [0.15, 0.2) is 0 Å². The first-order chi connectivity index (χ1) is 10.0. The second kappa shape index (κ2) is 5.22. The third-order valence-corrected chi connectivity index (χ3v) is 3.59. The molecule has 0 fully saturated rings. The molecule has 0 saturated heterocycles. The van der Waals surface area contributed by atoms with E-state index in [1.165, 1.54) is 18.2 Å². The van der Waals surface area contributed by atoms with E-state index in [0.29, 0.717) is 22.5 Å². The zero-order chi connectivity index (χ0) is 15.0. The van der Waals surface area contributed by atoms with Gasteiger partial charge in [-0.05, 0) is 42.0 Å². The Balaban J connectivity index is 2.13. The first-order valence-electron chi connectivity index (χ1n) is 6.31. The van der Waals surface area contributed by atoms with Crippen LogP contribution in [-0.2, 0) is 6.54 Å². The first kappa shape index (κ1) is 13.6. The summed E-state index contributed by atoms with van der Waals surface area (Å²) in [7, 11) is 0. The molecule has 1 heterocycles. The van der Waals surface area contributed by atoms with Crippen LogP contribution in [-0.4, -0.2) is 15.6 Å². The average Bonchev–Trinajstić information content (AvgIpc) is 2.79. The number of hydrogen-bond acceptors (Lipinski definition) is 1. The highest BCUT2D eigenvalue weighted by atomic mass is 35.5. The fraction of sp³-hybridized carbons (Fsp3) is 0.0625. The fourth-order valence-corrected chi connectivity index (χ4v) is 2.49. The van der Waals surface area contributed by atoms with E-state index in [1.807, 2.05) is 12.1 Å². The summed E-state index contributed by atoms with van der Waals surface area (Å²) in [6, 6.07) is 12.9. The molecule has 1 N–H and O–H groups in total. The molecule has 0 aliphatic rings. The molecule has 0 atom stereocenters. The average molecular weight is 304 g/mol. The minimum atomic E-state index is -1.04. The zero-order valence-electron chi connectivity index (χ0n) is 10.9. The number of halogens is 2. The third kappa shape index (κ3) is 2.62. The number of aromatic nitrogens is 1. The summed E-state index contributed by atoms with van der Waals surface area (Å²) >= 11 is 5.85. The maximum Gasteiger partial charge on any atom is 0.352 e. The molecule has 0 unspecified atom stereocenters. The largest absolute Gasteiger partial charge is 0.477 e. The summed E-state index contributed by atoms with van der Waals surface area (Å²) in [6.45, 7) is 0.383. The van der Waals surface area contributed by atoms with Crippen molar-refractivity contribution in [3.05, 3.63) is 70.6 Å². The highest BCUT2D eigenvalue weighted by molar-refractivity contribution is 6.30. The summed E-state index contributed by atoms with van der Waals surface area (Å²) in [6.07, 6.45) is 0. The first-order valence-corrected chi connectivity index (χ1v) is 6.69. The van der Waals surface area contributed by atoms with Crippen LogP contribution in [0.15, 0.2) is 48.5 Å². The SMILES string of the molecule is O=C(O)c1cc2cc(F)ccc2n1Cc1ccc(Cl)cc1. The van der Waals surface area contributed by atoms with Crippen molar-refractivity contribution in [2.45, 2.75) is 6.54 Å². The number of carboxylic acid groups (broad SMARTS) is 1. The van der Waals surface area contributed by atoms with Crippen molar-refractivity contribution in [1.82, 2.24) is 4.57 Å². The van der Waals surface area contributed by atoms with Crippen LogP contribution in [0.25, 0.3) is 10.9 Å². The van der Waals surface area contributed by atoms with Crippen molar-refractivity contribution in [2.24, 2.45) is 0 Å². The summed E-state index contributed by atoms with van der Waals surface area (Å²) in [5.41, 5.74) is 1.73. The molecular formula is C16H11ClFNO2. The Bertz CT molecular complexity index is 824. The van der Waals surface area contributed by atoms with Crippen molar-refractivity contribution in [3.8, 4) is 0 Å². The number of benzene rings is 2. The van der Waals surface area contributed by atoms with Gasteiger partial charge >= 0.3 is 5.97 Å². The second-order valence-electron chi connectivity index (χ2n) is 4.75. The van der Waals surface area contributed by atoms with Crippen molar-refractivity contribution in [3.63, 3.8) is 0 Å². The molecule has 21 heavy (non-hydrogen) atoms. The lowest BCUT2D eigenvalue weighted by Crippen LogP contribution is -2.09. The zero-order valence-corrected chi connectivity index (χ0v) is 11.6. The van der Waals surface area contributed by atoms with Crippen LogP contribution in [0.5, 0.6) is 0 Å². The van der Waals surface area contributed by atoms with E-state index in [-0.39, 0.29) is 11.5 Å². The highest BCUT2D eigenvalue weighted by Crippen LogP contribution is 2.23. The molecule has 2 aromatic carbocycles. The molecule has 0 aliphatic heterocycles. The van der Waals surface area contributed by atoms with Gasteiger partial charge in [0.1, 0.15) is 11.5 Å². The number of rotatable bonds is 3. The Hall–Kier alpha value is -2.33. The lowest BCUT2D eigenvalue weighted by Gasteiger charge is -2.08. The highest BCUT2D eigenvalue weighted by Gasteiger charge is 2.15. The van der Waals surface area contributed by atoms with E-state index in [2.05, 4.69) is 0 Å². The maximum atomic E-state index is 13.3. The van der Waals surface area contributed by atoms with Crippen LogP contribution in [0.4, 0.5) is 4.39 Å². The van der Waals surface area contributed by atoms with Gasteiger partial charge in [0, 0.05) is 22.5 Å². The molecule has 0 aliphatic carbocycles. The predicted molar refractivity (Wildman–Crippen MR) is 79.4 cm³/mol. The van der Waals surface area contributed by atoms with Crippen molar-refractivity contribution in [2.75, 3.05) is 0 Å². The third-order valence-electron chi connectivity index (χ3n) is 3.34. The van der Waals surface area contributed by atoms with Gasteiger partial charge in [-0.15, -0.1) is 0 Å². The molecular weight excluding hydrogens is 293 g/mol. The van der Waals surface area contributed by atoms with Crippen LogP contribution in [0.1, 0.15) is 16.1 Å². The number of carboxylic acids is 1. The second-order valence-corrected chi connectivity index (χ2v) is 5.19.